The van der Waals surface area contributed by atoms with Crippen LogP contribution in [0, 0.1) is 5.92 Å². The SMILES string of the molecule is CC(C)CN(CCN(C)C)S(=O)(=O)CCCCl. The minimum Gasteiger partial charge on any atom is -0.308 e. The van der Waals surface area contributed by atoms with Crippen LogP contribution in [0.4, 0.5) is 0 Å². The number of hydrogen-bond acceptors (Lipinski definition) is 3. The highest BCUT2D eigenvalue weighted by Crippen LogP contribution is 2.08. The highest BCUT2D eigenvalue weighted by Gasteiger charge is 2.22. The number of likely N-dealkylation sites (N-methyl/N-ethyl adjacent to an activating group) is 1. The Balaban J connectivity index is 4.54. The van der Waals surface area contributed by atoms with E-state index in [9.17, 15) is 8.42 Å². The van der Waals surface area contributed by atoms with Crippen LogP contribution in [0.5, 0.6) is 0 Å². The van der Waals surface area contributed by atoms with Crippen molar-refractivity contribution >= 4 is 21.6 Å². The molecule has 0 heterocycles. The highest BCUT2D eigenvalue weighted by molar-refractivity contribution is 7.89. The van der Waals surface area contributed by atoms with Crippen molar-refractivity contribution in [2.24, 2.45) is 5.92 Å². The van der Waals surface area contributed by atoms with Crippen molar-refractivity contribution < 1.29 is 8.42 Å². The van der Waals surface area contributed by atoms with E-state index in [-0.39, 0.29) is 5.75 Å². The Morgan fingerprint density at radius 1 is 1.18 bits per heavy atom. The van der Waals surface area contributed by atoms with Crippen molar-refractivity contribution in [1.29, 1.82) is 0 Å². The second kappa shape index (κ2) is 8.29. The van der Waals surface area contributed by atoms with E-state index in [0.29, 0.717) is 31.3 Å². The number of alkyl halides is 1. The molecule has 0 unspecified atom stereocenters. The molecule has 0 N–H and O–H groups in total. The van der Waals surface area contributed by atoms with E-state index in [4.69, 9.17) is 11.6 Å². The molecule has 0 fully saturated rings. The predicted molar refractivity (Wildman–Crippen MR) is 74.1 cm³/mol. The van der Waals surface area contributed by atoms with Gasteiger partial charge in [-0.15, -0.1) is 11.6 Å². The Morgan fingerprint density at radius 3 is 2.18 bits per heavy atom. The average Bonchev–Trinajstić information content (AvgIpc) is 2.20. The zero-order valence-electron chi connectivity index (χ0n) is 11.3. The second-order valence-corrected chi connectivity index (χ2v) is 7.38. The maximum atomic E-state index is 12.1. The summed E-state index contributed by atoms with van der Waals surface area (Å²) in [6.07, 6.45) is 0.514. The molecule has 0 amide bonds. The van der Waals surface area contributed by atoms with Crippen molar-refractivity contribution in [3.63, 3.8) is 0 Å². The lowest BCUT2D eigenvalue weighted by atomic mass is 10.2. The largest absolute Gasteiger partial charge is 0.308 e. The van der Waals surface area contributed by atoms with Crippen LogP contribution in [0.25, 0.3) is 0 Å². The molecule has 0 atom stereocenters. The quantitative estimate of drug-likeness (QED) is 0.602. The Labute approximate surface area is 111 Å². The molecule has 104 valence electrons. The first-order valence-corrected chi connectivity index (χ1v) is 8.12. The Bertz CT molecular complexity index is 292. The van der Waals surface area contributed by atoms with Crippen molar-refractivity contribution in [2.45, 2.75) is 20.3 Å². The van der Waals surface area contributed by atoms with Crippen molar-refractivity contribution in [2.75, 3.05) is 45.4 Å². The van der Waals surface area contributed by atoms with E-state index in [0.717, 1.165) is 6.54 Å². The predicted octanol–water partition coefficient (Wildman–Crippen LogP) is 1.46. The monoisotopic (exact) mass is 284 g/mol. The van der Waals surface area contributed by atoms with Crippen LogP contribution in [0.15, 0.2) is 0 Å². The fourth-order valence-corrected chi connectivity index (χ4v) is 3.37. The summed E-state index contributed by atoms with van der Waals surface area (Å²) in [4.78, 5) is 1.99. The lowest BCUT2D eigenvalue weighted by Crippen LogP contribution is -2.40. The van der Waals surface area contributed by atoms with Crippen LogP contribution in [0.3, 0.4) is 0 Å². The van der Waals surface area contributed by atoms with Gasteiger partial charge in [0.05, 0.1) is 5.75 Å². The maximum Gasteiger partial charge on any atom is 0.214 e. The standard InChI is InChI=1S/C11H25ClN2O2S/c1-11(2)10-14(8-7-13(3)4)17(15,16)9-5-6-12/h11H,5-10H2,1-4H3. The number of rotatable bonds is 9. The zero-order valence-corrected chi connectivity index (χ0v) is 12.9. The van der Waals surface area contributed by atoms with E-state index >= 15 is 0 Å². The highest BCUT2D eigenvalue weighted by atomic mass is 35.5. The fraction of sp³-hybridized carbons (Fsp3) is 1.00. The van der Waals surface area contributed by atoms with Crippen molar-refractivity contribution in [3.8, 4) is 0 Å². The second-order valence-electron chi connectivity index (χ2n) is 4.91. The smallest absolute Gasteiger partial charge is 0.214 e. The third-order valence-electron chi connectivity index (χ3n) is 2.29. The summed E-state index contributed by atoms with van der Waals surface area (Å²) in [5.41, 5.74) is 0. The first kappa shape index (κ1) is 17.2. The van der Waals surface area contributed by atoms with E-state index in [1.54, 1.807) is 4.31 Å². The van der Waals surface area contributed by atoms with Crippen LogP contribution in [-0.4, -0.2) is 63.0 Å². The summed E-state index contributed by atoms with van der Waals surface area (Å²) in [6, 6.07) is 0. The van der Waals surface area contributed by atoms with Crippen LogP contribution < -0.4 is 0 Å². The summed E-state index contributed by atoms with van der Waals surface area (Å²) < 4.78 is 25.8. The van der Waals surface area contributed by atoms with E-state index in [2.05, 4.69) is 0 Å². The van der Waals surface area contributed by atoms with Crippen LogP contribution in [0.2, 0.25) is 0 Å². The van der Waals surface area contributed by atoms with Gasteiger partial charge < -0.3 is 4.90 Å². The summed E-state index contributed by atoms with van der Waals surface area (Å²) in [7, 11) is 0.734. The number of nitrogens with zero attached hydrogens (tertiary/aromatic N) is 2. The molecule has 0 aliphatic rings. The Hall–Kier alpha value is 0.160. The third kappa shape index (κ3) is 7.97. The topological polar surface area (TPSA) is 40.6 Å². The van der Waals surface area contributed by atoms with Crippen molar-refractivity contribution in [1.82, 2.24) is 9.21 Å². The van der Waals surface area contributed by atoms with E-state index in [1.807, 2.05) is 32.8 Å². The first-order chi connectivity index (χ1) is 7.79. The van der Waals surface area contributed by atoms with Gasteiger partial charge in [-0.25, -0.2) is 12.7 Å². The first-order valence-electron chi connectivity index (χ1n) is 5.98. The molecule has 0 radical (unpaired) electrons. The molecule has 0 aromatic rings. The molecule has 0 rings (SSSR count). The van der Waals surface area contributed by atoms with E-state index in [1.165, 1.54) is 0 Å². The number of hydrogen-bond donors (Lipinski definition) is 0. The van der Waals surface area contributed by atoms with E-state index < -0.39 is 10.0 Å². The third-order valence-corrected chi connectivity index (χ3v) is 4.48. The molecule has 17 heavy (non-hydrogen) atoms. The molecule has 0 aliphatic carbocycles. The summed E-state index contributed by atoms with van der Waals surface area (Å²) in [6.45, 7) is 5.93. The van der Waals surface area contributed by atoms with Crippen LogP contribution >= 0.6 is 11.6 Å². The molecule has 0 aliphatic heterocycles. The van der Waals surface area contributed by atoms with Gasteiger partial charge in [0.2, 0.25) is 10.0 Å². The van der Waals surface area contributed by atoms with Crippen LogP contribution in [-0.2, 0) is 10.0 Å². The average molecular weight is 285 g/mol. The maximum absolute atomic E-state index is 12.1. The van der Waals surface area contributed by atoms with Gasteiger partial charge in [0.15, 0.2) is 0 Å². The summed E-state index contributed by atoms with van der Waals surface area (Å²) in [5, 5.41) is 0. The van der Waals surface area contributed by atoms with Gasteiger partial charge in [-0.1, -0.05) is 13.8 Å². The van der Waals surface area contributed by atoms with Gasteiger partial charge in [0.25, 0.3) is 0 Å². The molecule has 0 bridgehead atoms. The molecule has 4 nitrogen and oxygen atoms in total. The molecule has 0 aromatic heterocycles. The molecule has 0 aromatic carbocycles. The Morgan fingerprint density at radius 2 is 1.76 bits per heavy atom. The lowest BCUT2D eigenvalue weighted by Gasteiger charge is -2.25. The lowest BCUT2D eigenvalue weighted by molar-refractivity contribution is 0.312. The molecular weight excluding hydrogens is 260 g/mol. The molecule has 6 heteroatoms. The fourth-order valence-electron chi connectivity index (χ4n) is 1.43. The number of sulfonamides is 1. The number of halogens is 1. The van der Waals surface area contributed by atoms with Gasteiger partial charge in [0, 0.05) is 25.5 Å². The van der Waals surface area contributed by atoms with Gasteiger partial charge in [-0.05, 0) is 26.4 Å². The van der Waals surface area contributed by atoms with Crippen LogP contribution in [0.1, 0.15) is 20.3 Å². The molecule has 0 spiro atoms. The Kier molecular flexibility index (Phi) is 8.37. The van der Waals surface area contributed by atoms with Crippen molar-refractivity contribution in [3.05, 3.63) is 0 Å². The van der Waals surface area contributed by atoms with Gasteiger partial charge >= 0.3 is 0 Å². The molecule has 0 saturated heterocycles. The van der Waals surface area contributed by atoms with Gasteiger partial charge in [-0.3, -0.25) is 0 Å². The minimum absolute atomic E-state index is 0.149. The van der Waals surface area contributed by atoms with Gasteiger partial charge in [-0.2, -0.15) is 0 Å². The molecular formula is C11H25ClN2O2S. The summed E-state index contributed by atoms with van der Waals surface area (Å²) in [5.74, 6) is 0.877. The zero-order chi connectivity index (χ0) is 13.5. The normalized spacial score (nSPS) is 12.9. The van der Waals surface area contributed by atoms with Gasteiger partial charge in [0.1, 0.15) is 0 Å². The summed E-state index contributed by atoms with van der Waals surface area (Å²) >= 11 is 5.55. The minimum atomic E-state index is -3.15. The molecule has 0 saturated carbocycles.